The minimum atomic E-state index is -1.13. The number of imide groups is 1. The number of primary amides is 1. The molecule has 1 atom stereocenters. The predicted octanol–water partition coefficient (Wildman–Crippen LogP) is 3.36. The fourth-order valence-corrected chi connectivity index (χ4v) is 3.18. The van der Waals surface area contributed by atoms with Crippen LogP contribution in [0, 0.1) is 12.8 Å². The highest BCUT2D eigenvalue weighted by Crippen LogP contribution is 2.26. The number of nitrogens with one attached hydrogen (secondary N) is 1. The van der Waals surface area contributed by atoms with Crippen LogP contribution in [0.3, 0.4) is 0 Å². The van der Waals surface area contributed by atoms with Crippen molar-refractivity contribution in [3.8, 4) is 0 Å². The van der Waals surface area contributed by atoms with Gasteiger partial charge in [-0.2, -0.15) is 0 Å². The lowest BCUT2D eigenvalue weighted by atomic mass is 10.1. The van der Waals surface area contributed by atoms with Crippen LogP contribution >= 0.6 is 11.3 Å². The molecular weight excluding hydrogens is 364 g/mol. The fourth-order valence-electron chi connectivity index (χ4n) is 2.45. The van der Waals surface area contributed by atoms with Crippen molar-refractivity contribution in [2.24, 2.45) is 11.7 Å². The maximum atomic E-state index is 12.9. The molecule has 0 aliphatic rings. The first-order chi connectivity index (χ1) is 12.8. The zero-order valence-electron chi connectivity index (χ0n) is 15.4. The van der Waals surface area contributed by atoms with E-state index in [0.29, 0.717) is 5.57 Å². The molecule has 0 saturated carbocycles. The summed E-state index contributed by atoms with van der Waals surface area (Å²) in [4.78, 5) is 36.7. The summed E-state index contributed by atoms with van der Waals surface area (Å²) in [5.74, 6) is -1.72. The topological polar surface area (TPSA) is 98.5 Å². The molecule has 142 valence electrons. The lowest BCUT2D eigenvalue weighted by molar-refractivity contribution is -0.152. The molecule has 2 rings (SSSR count). The molecule has 0 radical (unpaired) electrons. The fraction of sp³-hybridized carbons (Fsp3) is 0.250. The van der Waals surface area contributed by atoms with Crippen LogP contribution in [0.25, 0.3) is 11.6 Å². The SMILES string of the molecule is Cc1cccc(/C=C(/C(=O)OC(C(=O)NC(N)=O)C(C)C)c2cccs2)c1. The molecule has 2 aromatic rings. The van der Waals surface area contributed by atoms with E-state index < -0.39 is 24.0 Å². The number of urea groups is 1. The number of thiophene rings is 1. The minimum Gasteiger partial charge on any atom is -0.448 e. The summed E-state index contributed by atoms with van der Waals surface area (Å²) < 4.78 is 5.44. The van der Waals surface area contributed by atoms with Gasteiger partial charge in [-0.3, -0.25) is 10.1 Å². The molecule has 0 spiro atoms. The lowest BCUT2D eigenvalue weighted by Gasteiger charge is -2.20. The molecule has 27 heavy (non-hydrogen) atoms. The van der Waals surface area contributed by atoms with Gasteiger partial charge in [0.25, 0.3) is 5.91 Å². The Balaban J connectivity index is 2.34. The van der Waals surface area contributed by atoms with Gasteiger partial charge in [0.05, 0.1) is 5.57 Å². The average molecular weight is 386 g/mol. The van der Waals surface area contributed by atoms with Crippen molar-refractivity contribution in [2.75, 3.05) is 0 Å². The van der Waals surface area contributed by atoms with Crippen LogP contribution in [-0.2, 0) is 14.3 Å². The second-order valence-electron chi connectivity index (χ2n) is 6.37. The Morgan fingerprint density at radius 1 is 1.19 bits per heavy atom. The molecule has 6 nitrogen and oxygen atoms in total. The molecule has 3 amide bonds. The molecule has 0 bridgehead atoms. The molecule has 0 aliphatic heterocycles. The first kappa shape index (κ1) is 20.4. The third-order valence-electron chi connectivity index (χ3n) is 3.70. The number of rotatable bonds is 6. The van der Waals surface area contributed by atoms with Crippen LogP contribution in [-0.4, -0.2) is 24.0 Å². The van der Waals surface area contributed by atoms with E-state index in [0.717, 1.165) is 16.0 Å². The summed E-state index contributed by atoms with van der Waals surface area (Å²) in [7, 11) is 0. The van der Waals surface area contributed by atoms with Gasteiger partial charge in [-0.25, -0.2) is 9.59 Å². The lowest BCUT2D eigenvalue weighted by Crippen LogP contribution is -2.45. The quantitative estimate of drug-likeness (QED) is 0.587. The number of hydrogen-bond acceptors (Lipinski definition) is 5. The van der Waals surface area contributed by atoms with Gasteiger partial charge in [-0.15, -0.1) is 11.3 Å². The standard InChI is InChI=1S/C20H22N2O4S/c1-12(2)17(18(23)22-20(21)25)26-19(24)15(16-8-5-9-27-16)11-14-7-4-6-13(3)10-14/h4-12,17H,1-3H3,(H3,21,22,23,25)/b15-11+. The number of amides is 3. The molecule has 1 heterocycles. The summed E-state index contributed by atoms with van der Waals surface area (Å²) in [6.07, 6.45) is 0.593. The van der Waals surface area contributed by atoms with Crippen molar-refractivity contribution >= 4 is 40.9 Å². The number of carbonyl (C=O) groups is 3. The second kappa shape index (κ2) is 9.14. The highest BCUT2D eigenvalue weighted by molar-refractivity contribution is 7.11. The van der Waals surface area contributed by atoms with Gasteiger partial charge in [0.15, 0.2) is 6.10 Å². The van der Waals surface area contributed by atoms with E-state index in [4.69, 9.17) is 10.5 Å². The Hall–Kier alpha value is -2.93. The summed E-state index contributed by atoms with van der Waals surface area (Å²) in [6, 6.07) is 10.3. The third kappa shape index (κ3) is 5.79. The Morgan fingerprint density at radius 3 is 2.48 bits per heavy atom. The molecule has 0 saturated heterocycles. The van der Waals surface area contributed by atoms with Crippen LogP contribution in [0.2, 0.25) is 0 Å². The van der Waals surface area contributed by atoms with Gasteiger partial charge in [0, 0.05) is 4.88 Å². The molecule has 1 unspecified atom stereocenters. The molecule has 1 aromatic carbocycles. The summed E-state index contributed by atoms with van der Waals surface area (Å²) in [6.45, 7) is 5.39. The normalized spacial score (nSPS) is 12.5. The van der Waals surface area contributed by atoms with Crippen LogP contribution in [0.15, 0.2) is 41.8 Å². The molecular formula is C20H22N2O4S. The smallest absolute Gasteiger partial charge is 0.340 e. The molecule has 3 N–H and O–H groups in total. The van der Waals surface area contributed by atoms with Gasteiger partial charge in [0.1, 0.15) is 0 Å². The first-order valence-corrected chi connectivity index (χ1v) is 9.29. The molecule has 1 aromatic heterocycles. The van der Waals surface area contributed by atoms with E-state index >= 15 is 0 Å². The summed E-state index contributed by atoms with van der Waals surface area (Å²) in [5.41, 5.74) is 7.24. The van der Waals surface area contributed by atoms with Crippen LogP contribution in [0.5, 0.6) is 0 Å². The van der Waals surface area contributed by atoms with Crippen molar-refractivity contribution in [1.82, 2.24) is 5.32 Å². The largest absolute Gasteiger partial charge is 0.448 e. The van der Waals surface area contributed by atoms with E-state index in [1.807, 2.05) is 48.0 Å². The predicted molar refractivity (Wildman–Crippen MR) is 106 cm³/mol. The number of ether oxygens (including phenoxy) is 1. The third-order valence-corrected chi connectivity index (χ3v) is 4.61. The Labute approximate surface area is 162 Å². The monoisotopic (exact) mass is 386 g/mol. The average Bonchev–Trinajstić information content (AvgIpc) is 3.10. The van der Waals surface area contributed by atoms with E-state index in [9.17, 15) is 14.4 Å². The van der Waals surface area contributed by atoms with E-state index in [1.54, 1.807) is 26.0 Å². The number of benzene rings is 1. The highest BCUT2D eigenvalue weighted by Gasteiger charge is 2.29. The van der Waals surface area contributed by atoms with Gasteiger partial charge in [-0.05, 0) is 35.9 Å². The maximum Gasteiger partial charge on any atom is 0.340 e. The van der Waals surface area contributed by atoms with Crippen molar-refractivity contribution < 1.29 is 19.1 Å². The number of carbonyl (C=O) groups excluding carboxylic acids is 3. The number of esters is 1. The van der Waals surface area contributed by atoms with Gasteiger partial charge < -0.3 is 10.5 Å². The number of aryl methyl sites for hydroxylation is 1. The van der Waals surface area contributed by atoms with Gasteiger partial charge in [-0.1, -0.05) is 49.7 Å². The zero-order valence-corrected chi connectivity index (χ0v) is 16.2. The number of nitrogens with two attached hydrogens (primary N) is 1. The minimum absolute atomic E-state index is 0.336. The molecule has 0 aliphatic carbocycles. The van der Waals surface area contributed by atoms with E-state index in [-0.39, 0.29) is 5.92 Å². The van der Waals surface area contributed by atoms with Crippen molar-refractivity contribution in [2.45, 2.75) is 26.9 Å². The molecule has 7 heteroatoms. The van der Waals surface area contributed by atoms with E-state index in [2.05, 4.69) is 0 Å². The summed E-state index contributed by atoms with van der Waals surface area (Å²) in [5, 5.41) is 3.82. The Morgan fingerprint density at radius 2 is 1.93 bits per heavy atom. The van der Waals surface area contributed by atoms with Crippen LogP contribution in [0.4, 0.5) is 4.79 Å². The van der Waals surface area contributed by atoms with Crippen molar-refractivity contribution in [1.29, 1.82) is 0 Å². The van der Waals surface area contributed by atoms with Gasteiger partial charge >= 0.3 is 12.0 Å². The van der Waals surface area contributed by atoms with Gasteiger partial charge in [0.2, 0.25) is 0 Å². The Bertz CT molecular complexity index is 857. The number of hydrogen-bond donors (Lipinski definition) is 2. The van der Waals surface area contributed by atoms with Crippen LogP contribution in [0.1, 0.15) is 29.9 Å². The maximum absolute atomic E-state index is 12.9. The second-order valence-corrected chi connectivity index (χ2v) is 7.32. The summed E-state index contributed by atoms with van der Waals surface area (Å²) >= 11 is 1.39. The van der Waals surface area contributed by atoms with Crippen LogP contribution < -0.4 is 11.1 Å². The highest BCUT2D eigenvalue weighted by atomic mass is 32.1. The molecule has 0 fully saturated rings. The van der Waals surface area contributed by atoms with Crippen molar-refractivity contribution in [3.63, 3.8) is 0 Å². The van der Waals surface area contributed by atoms with E-state index in [1.165, 1.54) is 11.3 Å². The Kier molecular flexibility index (Phi) is 6.90. The van der Waals surface area contributed by atoms with Crippen molar-refractivity contribution in [3.05, 3.63) is 57.8 Å². The zero-order chi connectivity index (χ0) is 20.0. The first-order valence-electron chi connectivity index (χ1n) is 8.41.